The minimum Gasteiger partial charge on any atom is -0.459 e. The molecule has 1 saturated heterocycles. The van der Waals surface area contributed by atoms with Crippen molar-refractivity contribution in [1.82, 2.24) is 0 Å². The Morgan fingerprint density at radius 3 is 1.92 bits per heavy atom. The molecule has 4 nitrogen and oxygen atoms in total. The van der Waals surface area contributed by atoms with Gasteiger partial charge in [0.2, 0.25) is 0 Å². The first-order valence-corrected chi connectivity index (χ1v) is 20.2. The molecule has 2 saturated carbocycles. The van der Waals surface area contributed by atoms with Crippen molar-refractivity contribution in [2.45, 2.75) is 168 Å². The Morgan fingerprint density at radius 2 is 1.35 bits per heavy atom. The second-order valence-electron chi connectivity index (χ2n) is 16.6. The van der Waals surface area contributed by atoms with Crippen LogP contribution in [0.4, 0.5) is 0 Å². The van der Waals surface area contributed by atoms with Crippen molar-refractivity contribution in [3.8, 4) is 0 Å². The first kappa shape index (κ1) is 36.4. The lowest BCUT2D eigenvalue weighted by molar-refractivity contribution is -0.202. The highest BCUT2D eigenvalue weighted by atomic mass is 16.7. The van der Waals surface area contributed by atoms with E-state index in [0.717, 1.165) is 35.6 Å². The van der Waals surface area contributed by atoms with Crippen molar-refractivity contribution in [3.05, 3.63) is 60.2 Å². The van der Waals surface area contributed by atoms with E-state index in [2.05, 4.69) is 82.3 Å². The van der Waals surface area contributed by atoms with E-state index >= 15 is 0 Å². The second kappa shape index (κ2) is 16.7. The normalized spacial score (nSPS) is 26.0. The van der Waals surface area contributed by atoms with Crippen LogP contribution in [0.15, 0.2) is 54.6 Å². The molecule has 6 atom stereocenters. The van der Waals surface area contributed by atoms with Crippen LogP contribution in [0.2, 0.25) is 0 Å². The Labute approximate surface area is 297 Å². The number of hydrogen-bond donors (Lipinski definition) is 0. The Morgan fingerprint density at radius 1 is 0.796 bits per heavy atom. The van der Waals surface area contributed by atoms with Gasteiger partial charge in [0.1, 0.15) is 6.61 Å². The van der Waals surface area contributed by atoms with Gasteiger partial charge in [0.25, 0.3) is 0 Å². The fraction of sp³-hybridized carbons (Fsp3) is 0.667. The number of hydrogen-bond acceptors (Lipinski definition) is 4. The molecule has 0 amide bonds. The van der Waals surface area contributed by atoms with Crippen LogP contribution in [0.25, 0.3) is 21.5 Å². The number of esters is 1. The summed E-state index contributed by atoms with van der Waals surface area (Å²) in [4.78, 5) is 13.9. The summed E-state index contributed by atoms with van der Waals surface area (Å²) >= 11 is 0. The van der Waals surface area contributed by atoms with E-state index in [1.165, 1.54) is 101 Å². The molecule has 49 heavy (non-hydrogen) atoms. The lowest BCUT2D eigenvalue weighted by Crippen LogP contribution is -2.38. The van der Waals surface area contributed by atoms with Gasteiger partial charge in [-0.15, -0.1) is 0 Å². The number of carbonyl (C=O) groups excluding carboxylic acids is 1. The van der Waals surface area contributed by atoms with E-state index in [1.54, 1.807) is 0 Å². The zero-order valence-electron chi connectivity index (χ0n) is 31.2. The molecule has 0 N–H and O–H groups in total. The van der Waals surface area contributed by atoms with Gasteiger partial charge in [-0.05, 0) is 69.5 Å². The predicted molar refractivity (Wildman–Crippen MR) is 202 cm³/mol. The highest BCUT2D eigenvalue weighted by Gasteiger charge is 2.69. The lowest BCUT2D eigenvalue weighted by atomic mass is 9.70. The van der Waals surface area contributed by atoms with Gasteiger partial charge < -0.3 is 14.2 Å². The number of ether oxygens (including phenoxy) is 3. The average molecular weight is 669 g/mol. The van der Waals surface area contributed by atoms with Crippen molar-refractivity contribution in [2.75, 3.05) is 0 Å². The molecule has 2 bridgehead atoms. The molecular formula is C45H64O4. The van der Waals surface area contributed by atoms with Crippen molar-refractivity contribution < 1.29 is 19.0 Å². The zero-order valence-corrected chi connectivity index (χ0v) is 31.2. The highest BCUT2D eigenvalue weighted by molar-refractivity contribution is 6.02. The van der Waals surface area contributed by atoms with E-state index in [0.29, 0.717) is 23.7 Å². The van der Waals surface area contributed by atoms with Crippen LogP contribution in [0.1, 0.15) is 149 Å². The van der Waals surface area contributed by atoms with Gasteiger partial charge in [-0.3, -0.25) is 0 Å². The number of rotatable bonds is 20. The number of unbranched alkanes of at least 4 members (excludes halogenated alkanes) is 13. The Hall–Kier alpha value is -2.43. The van der Waals surface area contributed by atoms with Crippen LogP contribution in [-0.2, 0) is 25.6 Å². The summed E-state index contributed by atoms with van der Waals surface area (Å²) < 4.78 is 19.5. The molecule has 2 aliphatic carbocycles. The van der Waals surface area contributed by atoms with Crippen LogP contribution in [0.3, 0.4) is 0 Å². The zero-order chi connectivity index (χ0) is 34.3. The van der Waals surface area contributed by atoms with E-state index in [9.17, 15) is 4.79 Å². The molecule has 1 aliphatic heterocycles. The average Bonchev–Trinajstić information content (AvgIpc) is 3.68. The summed E-state index contributed by atoms with van der Waals surface area (Å²) in [6.07, 6.45) is 21.8. The fourth-order valence-corrected chi connectivity index (χ4v) is 10.0. The van der Waals surface area contributed by atoms with Crippen LogP contribution >= 0.6 is 0 Å². The summed E-state index contributed by atoms with van der Waals surface area (Å²) in [6, 6.07) is 19.0. The number of fused-ring (bicyclic) bond motifs is 7. The quantitative estimate of drug-likeness (QED) is 0.0683. The molecule has 1 unspecified atom stereocenters. The maximum Gasteiger partial charge on any atom is 0.335 e. The third kappa shape index (κ3) is 8.06. The highest BCUT2D eigenvalue weighted by Crippen LogP contribution is 2.71. The minimum atomic E-state index is -0.596. The molecule has 0 spiro atoms. The molecule has 4 heteroatoms. The number of benzene rings is 3. The van der Waals surface area contributed by atoms with Crippen LogP contribution in [0, 0.1) is 22.7 Å². The van der Waals surface area contributed by atoms with Crippen LogP contribution in [0.5, 0.6) is 0 Å². The molecule has 268 valence electrons. The predicted octanol–water partition coefficient (Wildman–Crippen LogP) is 12.5. The first-order valence-electron chi connectivity index (χ1n) is 20.2. The van der Waals surface area contributed by atoms with Crippen LogP contribution in [-0.4, -0.2) is 24.5 Å². The van der Waals surface area contributed by atoms with Crippen molar-refractivity contribution in [1.29, 1.82) is 0 Å². The molecule has 3 fully saturated rings. The Balaban J connectivity index is 1.02. The van der Waals surface area contributed by atoms with E-state index in [1.807, 2.05) is 0 Å². The Bertz CT molecular complexity index is 1460. The monoisotopic (exact) mass is 668 g/mol. The van der Waals surface area contributed by atoms with Gasteiger partial charge in [0.05, 0.1) is 6.10 Å². The smallest absolute Gasteiger partial charge is 0.335 e. The van der Waals surface area contributed by atoms with E-state index in [4.69, 9.17) is 14.2 Å². The van der Waals surface area contributed by atoms with Crippen molar-refractivity contribution >= 4 is 27.5 Å². The lowest BCUT2D eigenvalue weighted by Gasteiger charge is -2.38. The maximum absolute atomic E-state index is 13.9. The molecule has 0 radical (unpaired) electrons. The summed E-state index contributed by atoms with van der Waals surface area (Å²) in [6.45, 7) is 9.83. The first-order chi connectivity index (χ1) is 23.8. The minimum absolute atomic E-state index is 0.181. The second-order valence-corrected chi connectivity index (χ2v) is 16.6. The topological polar surface area (TPSA) is 44.8 Å². The summed E-state index contributed by atoms with van der Waals surface area (Å²) in [5, 5.41) is 4.60. The van der Waals surface area contributed by atoms with Gasteiger partial charge in [-0.2, -0.15) is 0 Å². The van der Waals surface area contributed by atoms with Gasteiger partial charge in [-0.1, -0.05) is 166 Å². The third-order valence-corrected chi connectivity index (χ3v) is 13.3. The summed E-state index contributed by atoms with van der Waals surface area (Å²) in [5.41, 5.74) is 1.54. The number of carbonyl (C=O) groups is 1. The SMILES string of the molecule is CCCCCCCCCCCCCCCCC(O[C@@H]1C[C@H]2[C@H]3CC[C@@](C)([C@H]2O1)C3(C)C)C(=O)OCc1c2ccccc2cc2ccccc12. The van der Waals surface area contributed by atoms with Gasteiger partial charge in [0.15, 0.2) is 12.4 Å². The van der Waals surface area contributed by atoms with Crippen molar-refractivity contribution in [2.24, 2.45) is 22.7 Å². The molecule has 0 aromatic heterocycles. The summed E-state index contributed by atoms with van der Waals surface area (Å²) in [7, 11) is 0. The largest absolute Gasteiger partial charge is 0.459 e. The maximum atomic E-state index is 13.9. The molecule has 1 heterocycles. The standard InChI is InChI=1S/C45H64O4/c1-5-6-7-8-9-10-11-12-13-14-15-16-17-18-27-40(48-41-31-37-39-28-29-45(4,42(37)49-41)44(39,2)3)43(46)47-32-38-35-25-21-19-23-33(35)30-34-24-20-22-26-36(34)38/h19-26,30,37,39-42H,5-18,27-29,31-32H2,1-4H3/t37-,39+,40?,41-,42-,45-/m0/s1. The molecular weight excluding hydrogens is 604 g/mol. The van der Waals surface area contributed by atoms with Crippen molar-refractivity contribution in [3.63, 3.8) is 0 Å². The van der Waals surface area contributed by atoms with Gasteiger partial charge >= 0.3 is 5.97 Å². The van der Waals surface area contributed by atoms with Gasteiger partial charge in [-0.25, -0.2) is 4.79 Å². The fourth-order valence-electron chi connectivity index (χ4n) is 10.0. The van der Waals surface area contributed by atoms with Crippen LogP contribution < -0.4 is 0 Å². The molecule has 3 aromatic rings. The van der Waals surface area contributed by atoms with E-state index < -0.39 is 6.10 Å². The molecule has 6 rings (SSSR count). The Kier molecular flexibility index (Phi) is 12.4. The molecule has 3 aliphatic rings. The third-order valence-electron chi connectivity index (χ3n) is 13.3. The van der Waals surface area contributed by atoms with E-state index in [-0.39, 0.29) is 30.4 Å². The molecule has 3 aromatic carbocycles. The van der Waals surface area contributed by atoms with Gasteiger partial charge in [0, 0.05) is 12.0 Å². The summed E-state index contributed by atoms with van der Waals surface area (Å²) in [5.74, 6) is 0.951.